The topological polar surface area (TPSA) is 76.0 Å². The highest BCUT2D eigenvalue weighted by atomic mass is 32.2. The van der Waals surface area contributed by atoms with Crippen LogP contribution in [-0.2, 0) is 16.6 Å². The zero-order valence-corrected chi connectivity index (χ0v) is 11.6. The van der Waals surface area contributed by atoms with Crippen molar-refractivity contribution in [2.24, 2.45) is 0 Å². The van der Waals surface area contributed by atoms with E-state index in [2.05, 4.69) is 15.0 Å². The molecule has 0 aliphatic heterocycles. The highest BCUT2D eigenvalue weighted by Crippen LogP contribution is 1.95. The van der Waals surface area contributed by atoms with Gasteiger partial charge in [-0.3, -0.25) is 0 Å². The first-order chi connectivity index (χ1) is 8.64. The molecule has 2 N–H and O–H groups in total. The molecule has 0 unspecified atom stereocenters. The molecular weight excluding hydrogens is 252 g/mol. The highest BCUT2D eigenvalue weighted by molar-refractivity contribution is 7.89. The molecule has 0 fully saturated rings. The van der Waals surface area contributed by atoms with Crippen LogP contribution >= 0.6 is 0 Å². The monoisotopic (exact) mass is 274 g/mol. The Hall–Kier alpha value is -0.920. The number of hydrogen-bond donors (Lipinski definition) is 2. The average Bonchev–Trinajstić information content (AvgIpc) is 2.83. The minimum Gasteiger partial charge on any atom is -0.337 e. The number of unbranched alkanes of at least 4 members (excludes halogenated alkanes) is 1. The molecule has 1 aromatic heterocycles. The van der Waals surface area contributed by atoms with E-state index in [9.17, 15) is 8.42 Å². The fraction of sp³-hybridized carbons (Fsp3) is 0.727. The number of sulfonamides is 1. The third kappa shape index (κ3) is 6.73. The first kappa shape index (κ1) is 15.1. The van der Waals surface area contributed by atoms with Gasteiger partial charge in [-0.05, 0) is 32.9 Å². The van der Waals surface area contributed by atoms with Crippen LogP contribution < -0.4 is 10.0 Å². The Balaban J connectivity index is 2.09. The molecule has 0 saturated heterocycles. The lowest BCUT2D eigenvalue weighted by Gasteiger charge is -2.07. The van der Waals surface area contributed by atoms with E-state index in [1.807, 2.05) is 17.8 Å². The smallest absolute Gasteiger partial charge is 0.211 e. The van der Waals surface area contributed by atoms with Gasteiger partial charge >= 0.3 is 0 Å². The van der Waals surface area contributed by atoms with Crippen LogP contribution in [-0.4, -0.2) is 43.9 Å². The van der Waals surface area contributed by atoms with Crippen LogP contribution in [0.5, 0.6) is 0 Å². The summed E-state index contributed by atoms with van der Waals surface area (Å²) in [6.07, 6.45) is 7.65. The van der Waals surface area contributed by atoms with Crippen molar-refractivity contribution in [1.82, 2.24) is 19.6 Å². The number of nitrogens with one attached hydrogen (secondary N) is 2. The van der Waals surface area contributed by atoms with Crippen LogP contribution in [0.2, 0.25) is 0 Å². The minimum atomic E-state index is -3.11. The summed E-state index contributed by atoms with van der Waals surface area (Å²) in [6, 6.07) is 0. The fourth-order valence-corrected chi connectivity index (χ4v) is 2.76. The van der Waals surface area contributed by atoms with Crippen molar-refractivity contribution in [1.29, 1.82) is 0 Å². The van der Waals surface area contributed by atoms with E-state index in [1.54, 1.807) is 12.5 Å². The van der Waals surface area contributed by atoms with Crippen molar-refractivity contribution < 1.29 is 8.42 Å². The zero-order chi connectivity index (χ0) is 13.3. The summed E-state index contributed by atoms with van der Waals surface area (Å²) >= 11 is 0. The van der Waals surface area contributed by atoms with Gasteiger partial charge in [-0.15, -0.1) is 0 Å². The van der Waals surface area contributed by atoms with E-state index in [1.165, 1.54) is 0 Å². The minimum absolute atomic E-state index is 0.208. The summed E-state index contributed by atoms with van der Waals surface area (Å²) in [5.74, 6) is 0.208. The molecule has 0 saturated carbocycles. The van der Waals surface area contributed by atoms with Gasteiger partial charge in [0.25, 0.3) is 0 Å². The second-order valence-corrected chi connectivity index (χ2v) is 6.10. The Labute approximate surface area is 109 Å². The van der Waals surface area contributed by atoms with Crippen LogP contribution in [0.15, 0.2) is 18.7 Å². The van der Waals surface area contributed by atoms with Gasteiger partial charge in [0.05, 0.1) is 12.1 Å². The SMILES string of the molecule is CNCCCCS(=O)(=O)NCCCn1ccnc1. The molecule has 1 rings (SSSR count). The highest BCUT2D eigenvalue weighted by Gasteiger charge is 2.08. The van der Waals surface area contributed by atoms with Gasteiger partial charge in [-0.1, -0.05) is 0 Å². The number of imidazole rings is 1. The van der Waals surface area contributed by atoms with E-state index < -0.39 is 10.0 Å². The summed E-state index contributed by atoms with van der Waals surface area (Å²) in [5, 5.41) is 3.00. The molecule has 0 radical (unpaired) electrons. The predicted molar refractivity (Wildman–Crippen MR) is 71.8 cm³/mol. The van der Waals surface area contributed by atoms with Crippen molar-refractivity contribution in [3.63, 3.8) is 0 Å². The van der Waals surface area contributed by atoms with Gasteiger partial charge in [0.2, 0.25) is 10.0 Å². The lowest BCUT2D eigenvalue weighted by Crippen LogP contribution is -2.28. The maximum absolute atomic E-state index is 11.6. The molecule has 0 bridgehead atoms. The molecule has 1 heterocycles. The Morgan fingerprint density at radius 2 is 2.06 bits per heavy atom. The standard InChI is InChI=1S/C11H22N4O2S/c1-12-5-2-3-10-18(16,17)14-6-4-8-15-9-7-13-11-15/h7,9,11-12,14H,2-6,8,10H2,1H3. The summed E-state index contributed by atoms with van der Waals surface area (Å²) in [6.45, 7) is 2.12. The summed E-state index contributed by atoms with van der Waals surface area (Å²) in [4.78, 5) is 3.93. The van der Waals surface area contributed by atoms with Crippen LogP contribution in [0.25, 0.3) is 0 Å². The molecule has 0 atom stereocenters. The second-order valence-electron chi connectivity index (χ2n) is 4.18. The number of rotatable bonds is 10. The fourth-order valence-electron chi connectivity index (χ4n) is 1.57. The summed E-state index contributed by atoms with van der Waals surface area (Å²) in [5.41, 5.74) is 0. The molecule has 1 aromatic rings. The first-order valence-electron chi connectivity index (χ1n) is 6.22. The van der Waals surface area contributed by atoms with Crippen LogP contribution in [0.3, 0.4) is 0 Å². The molecule has 0 spiro atoms. The molecule has 6 nitrogen and oxygen atoms in total. The average molecular weight is 274 g/mol. The van der Waals surface area contributed by atoms with Gasteiger partial charge in [0.15, 0.2) is 0 Å². The van der Waals surface area contributed by atoms with Crippen molar-refractivity contribution in [2.75, 3.05) is 25.9 Å². The third-order valence-corrected chi connectivity index (χ3v) is 4.03. The van der Waals surface area contributed by atoms with Gasteiger partial charge in [0, 0.05) is 25.5 Å². The molecule has 7 heteroatoms. The molecule has 0 amide bonds. The second kappa shape index (κ2) is 8.23. The van der Waals surface area contributed by atoms with Gasteiger partial charge in [-0.2, -0.15) is 0 Å². The lowest BCUT2D eigenvalue weighted by atomic mass is 10.3. The molecule has 0 aliphatic rings. The Morgan fingerprint density at radius 3 is 2.72 bits per heavy atom. The van der Waals surface area contributed by atoms with Crippen molar-refractivity contribution in [3.8, 4) is 0 Å². The van der Waals surface area contributed by atoms with Crippen LogP contribution in [0.4, 0.5) is 0 Å². The van der Waals surface area contributed by atoms with Crippen molar-refractivity contribution in [2.45, 2.75) is 25.8 Å². The van der Waals surface area contributed by atoms with Crippen LogP contribution in [0, 0.1) is 0 Å². The molecular formula is C11H22N4O2S. The maximum Gasteiger partial charge on any atom is 0.211 e. The number of hydrogen-bond acceptors (Lipinski definition) is 4. The van der Waals surface area contributed by atoms with Gasteiger partial charge in [-0.25, -0.2) is 18.1 Å². The normalized spacial score (nSPS) is 11.8. The zero-order valence-electron chi connectivity index (χ0n) is 10.8. The van der Waals surface area contributed by atoms with Crippen LogP contribution in [0.1, 0.15) is 19.3 Å². The number of nitrogens with zero attached hydrogens (tertiary/aromatic N) is 2. The van der Waals surface area contributed by atoms with E-state index in [4.69, 9.17) is 0 Å². The predicted octanol–water partition coefficient (Wildman–Crippen LogP) is 0.192. The van der Waals surface area contributed by atoms with E-state index in [0.717, 1.165) is 25.9 Å². The Bertz CT molecular complexity index is 403. The van der Waals surface area contributed by atoms with E-state index in [-0.39, 0.29) is 5.75 Å². The molecule has 104 valence electrons. The number of aryl methyl sites for hydroxylation is 1. The molecule has 18 heavy (non-hydrogen) atoms. The molecule has 0 aliphatic carbocycles. The third-order valence-electron chi connectivity index (χ3n) is 2.56. The lowest BCUT2D eigenvalue weighted by molar-refractivity contribution is 0.565. The van der Waals surface area contributed by atoms with Crippen molar-refractivity contribution in [3.05, 3.63) is 18.7 Å². The molecule has 0 aromatic carbocycles. The van der Waals surface area contributed by atoms with E-state index >= 15 is 0 Å². The Kier molecular flexibility index (Phi) is 6.92. The Morgan fingerprint density at radius 1 is 1.22 bits per heavy atom. The first-order valence-corrected chi connectivity index (χ1v) is 7.87. The summed E-state index contributed by atoms with van der Waals surface area (Å²) in [7, 11) is -1.24. The van der Waals surface area contributed by atoms with Crippen molar-refractivity contribution >= 4 is 10.0 Å². The van der Waals surface area contributed by atoms with E-state index in [0.29, 0.717) is 13.0 Å². The summed E-state index contributed by atoms with van der Waals surface area (Å²) < 4.78 is 27.8. The number of aromatic nitrogens is 2. The van der Waals surface area contributed by atoms with Gasteiger partial charge < -0.3 is 9.88 Å². The van der Waals surface area contributed by atoms with Gasteiger partial charge in [0.1, 0.15) is 0 Å². The quantitative estimate of drug-likeness (QED) is 0.597. The maximum atomic E-state index is 11.6. The largest absolute Gasteiger partial charge is 0.337 e.